The number of hydrogen-bond acceptors (Lipinski definition) is 4. The highest BCUT2D eigenvalue weighted by Crippen LogP contribution is 2.21. The number of nitrogens with zero attached hydrogens (tertiary/aromatic N) is 4. The van der Waals surface area contributed by atoms with Gasteiger partial charge in [-0.1, -0.05) is 13.8 Å². The largest absolute Gasteiger partial charge is 0.388 e. The van der Waals surface area contributed by atoms with Gasteiger partial charge in [0, 0.05) is 18.2 Å². The predicted molar refractivity (Wildman–Crippen MR) is 82.0 cm³/mol. The number of aryl methyl sites for hydroxylation is 2. The van der Waals surface area contributed by atoms with Gasteiger partial charge in [0.2, 0.25) is 0 Å². The zero-order valence-corrected chi connectivity index (χ0v) is 13.2. The van der Waals surface area contributed by atoms with E-state index in [1.807, 2.05) is 36.9 Å². The highest BCUT2D eigenvalue weighted by atomic mass is 16.3. The summed E-state index contributed by atoms with van der Waals surface area (Å²) in [5.41, 5.74) is 3.33. The number of aromatic nitrogens is 4. The second-order valence-corrected chi connectivity index (χ2v) is 5.50. The van der Waals surface area contributed by atoms with Crippen LogP contribution in [0.3, 0.4) is 0 Å². The van der Waals surface area contributed by atoms with E-state index in [4.69, 9.17) is 0 Å². The van der Waals surface area contributed by atoms with Crippen LogP contribution < -0.4 is 0 Å². The van der Waals surface area contributed by atoms with E-state index < -0.39 is 6.10 Å². The molecule has 1 N–H and O–H groups in total. The molecule has 0 saturated carbocycles. The van der Waals surface area contributed by atoms with Crippen LogP contribution in [-0.2, 0) is 6.42 Å². The second-order valence-electron chi connectivity index (χ2n) is 5.50. The first-order chi connectivity index (χ1) is 10.0. The maximum Gasteiger partial charge on any atom is 0.0864 e. The third-order valence-electron chi connectivity index (χ3n) is 3.88. The van der Waals surface area contributed by atoms with Crippen molar-refractivity contribution in [2.45, 2.75) is 59.1 Å². The first-order valence-electron chi connectivity index (χ1n) is 7.58. The lowest BCUT2D eigenvalue weighted by atomic mass is 10.0. The van der Waals surface area contributed by atoms with Gasteiger partial charge < -0.3 is 5.11 Å². The summed E-state index contributed by atoms with van der Waals surface area (Å²) in [7, 11) is 0. The fourth-order valence-corrected chi connectivity index (χ4v) is 2.57. The normalized spacial score (nSPS) is 12.9. The van der Waals surface area contributed by atoms with Gasteiger partial charge in [0.15, 0.2) is 0 Å². The van der Waals surface area contributed by atoms with Gasteiger partial charge in [-0.3, -0.25) is 4.68 Å². The van der Waals surface area contributed by atoms with Crippen molar-refractivity contribution in [2.24, 2.45) is 0 Å². The van der Waals surface area contributed by atoms with Gasteiger partial charge in [-0.05, 0) is 38.8 Å². The standard InChI is InChI=1S/C16H24N4O/c1-5-14(6-2)20-8-7-13(19-20)10-16(21)15-9-11(3)17-18-12(15)4/h7-9,14,16,21H,5-6,10H2,1-4H3. The van der Waals surface area contributed by atoms with E-state index in [9.17, 15) is 5.11 Å². The van der Waals surface area contributed by atoms with Gasteiger partial charge in [-0.15, -0.1) is 0 Å². The SMILES string of the molecule is CCC(CC)n1ccc(CC(O)c2cc(C)nnc2C)n1. The van der Waals surface area contributed by atoms with Gasteiger partial charge in [-0.2, -0.15) is 15.3 Å². The smallest absolute Gasteiger partial charge is 0.0864 e. The lowest BCUT2D eigenvalue weighted by Crippen LogP contribution is -2.10. The monoisotopic (exact) mass is 288 g/mol. The molecule has 0 aliphatic carbocycles. The highest BCUT2D eigenvalue weighted by Gasteiger charge is 2.15. The summed E-state index contributed by atoms with van der Waals surface area (Å²) in [4.78, 5) is 0. The van der Waals surface area contributed by atoms with Crippen molar-refractivity contribution in [3.05, 3.63) is 41.0 Å². The Balaban J connectivity index is 2.12. The molecule has 0 aliphatic heterocycles. The summed E-state index contributed by atoms with van der Waals surface area (Å²) < 4.78 is 2.00. The number of rotatable bonds is 6. The Kier molecular flexibility index (Phi) is 5.07. The molecule has 1 atom stereocenters. The molecule has 0 fully saturated rings. The summed E-state index contributed by atoms with van der Waals surface area (Å²) in [6.07, 6.45) is 4.03. The minimum atomic E-state index is -0.593. The fraction of sp³-hybridized carbons (Fsp3) is 0.562. The second kappa shape index (κ2) is 6.80. The number of aliphatic hydroxyl groups excluding tert-OH is 1. The van der Waals surface area contributed by atoms with Crippen molar-refractivity contribution in [1.29, 1.82) is 0 Å². The molecule has 0 aliphatic rings. The van der Waals surface area contributed by atoms with Gasteiger partial charge in [0.25, 0.3) is 0 Å². The molecule has 0 radical (unpaired) electrons. The molecule has 0 amide bonds. The van der Waals surface area contributed by atoms with E-state index in [1.165, 1.54) is 0 Å². The Morgan fingerprint density at radius 2 is 1.90 bits per heavy atom. The topological polar surface area (TPSA) is 63.8 Å². The molecule has 5 nitrogen and oxygen atoms in total. The lowest BCUT2D eigenvalue weighted by molar-refractivity contribution is 0.175. The van der Waals surface area contributed by atoms with E-state index >= 15 is 0 Å². The van der Waals surface area contributed by atoms with Crippen LogP contribution in [0.25, 0.3) is 0 Å². The molecule has 2 rings (SSSR count). The molecule has 0 spiro atoms. The zero-order valence-electron chi connectivity index (χ0n) is 13.2. The average molecular weight is 288 g/mol. The Morgan fingerprint density at radius 1 is 1.19 bits per heavy atom. The van der Waals surface area contributed by atoms with E-state index in [-0.39, 0.29) is 0 Å². The molecule has 2 aromatic rings. The third-order valence-corrected chi connectivity index (χ3v) is 3.88. The Morgan fingerprint density at radius 3 is 2.57 bits per heavy atom. The third kappa shape index (κ3) is 3.67. The predicted octanol–water partition coefficient (Wildman–Crippen LogP) is 2.93. The molecule has 0 saturated heterocycles. The summed E-state index contributed by atoms with van der Waals surface area (Å²) in [5, 5.41) is 23.1. The van der Waals surface area contributed by atoms with Crippen molar-refractivity contribution in [3.63, 3.8) is 0 Å². The molecule has 1 unspecified atom stereocenters. The first-order valence-corrected chi connectivity index (χ1v) is 7.58. The minimum absolute atomic E-state index is 0.433. The van der Waals surface area contributed by atoms with E-state index in [2.05, 4.69) is 29.1 Å². The van der Waals surface area contributed by atoms with Crippen LogP contribution in [-0.4, -0.2) is 25.1 Å². The summed E-state index contributed by atoms with van der Waals surface area (Å²) >= 11 is 0. The number of hydrogen-bond donors (Lipinski definition) is 1. The molecule has 2 heterocycles. The van der Waals surface area contributed by atoms with E-state index in [1.54, 1.807) is 0 Å². The van der Waals surface area contributed by atoms with E-state index in [0.717, 1.165) is 35.5 Å². The van der Waals surface area contributed by atoms with Crippen molar-refractivity contribution < 1.29 is 5.11 Å². The Hall–Kier alpha value is -1.75. The van der Waals surface area contributed by atoms with Crippen LogP contribution >= 0.6 is 0 Å². The summed E-state index contributed by atoms with van der Waals surface area (Å²) in [6.45, 7) is 8.08. The molecule has 21 heavy (non-hydrogen) atoms. The van der Waals surface area contributed by atoms with Gasteiger partial charge in [0.1, 0.15) is 0 Å². The van der Waals surface area contributed by atoms with Gasteiger partial charge in [-0.25, -0.2) is 0 Å². The van der Waals surface area contributed by atoms with Crippen LogP contribution in [0.2, 0.25) is 0 Å². The Labute approximate surface area is 126 Å². The number of aliphatic hydroxyl groups is 1. The van der Waals surface area contributed by atoms with Crippen LogP contribution in [0.15, 0.2) is 18.3 Å². The molecular formula is C16H24N4O. The van der Waals surface area contributed by atoms with Gasteiger partial charge >= 0.3 is 0 Å². The molecule has 114 valence electrons. The van der Waals surface area contributed by atoms with Crippen LogP contribution in [0, 0.1) is 13.8 Å². The van der Waals surface area contributed by atoms with Gasteiger partial charge in [0.05, 0.1) is 29.2 Å². The van der Waals surface area contributed by atoms with Crippen molar-refractivity contribution in [2.75, 3.05) is 0 Å². The van der Waals surface area contributed by atoms with Crippen molar-refractivity contribution in [3.8, 4) is 0 Å². The first kappa shape index (κ1) is 15.6. The maximum absolute atomic E-state index is 10.4. The van der Waals surface area contributed by atoms with Crippen LogP contribution in [0.4, 0.5) is 0 Å². The maximum atomic E-state index is 10.4. The Bertz CT molecular complexity index is 590. The fourth-order valence-electron chi connectivity index (χ4n) is 2.57. The van der Waals surface area contributed by atoms with E-state index in [0.29, 0.717) is 12.5 Å². The van der Waals surface area contributed by atoms with Crippen LogP contribution in [0.5, 0.6) is 0 Å². The zero-order chi connectivity index (χ0) is 15.4. The van der Waals surface area contributed by atoms with Crippen molar-refractivity contribution >= 4 is 0 Å². The average Bonchev–Trinajstić information content (AvgIpc) is 2.91. The molecule has 5 heteroatoms. The summed E-state index contributed by atoms with van der Waals surface area (Å²) in [6, 6.07) is 4.31. The molecular weight excluding hydrogens is 264 g/mol. The molecule has 0 bridgehead atoms. The lowest BCUT2D eigenvalue weighted by Gasteiger charge is -2.14. The van der Waals surface area contributed by atoms with Crippen molar-refractivity contribution in [1.82, 2.24) is 20.0 Å². The van der Waals surface area contributed by atoms with Crippen LogP contribution in [0.1, 0.15) is 61.5 Å². The highest BCUT2D eigenvalue weighted by molar-refractivity contribution is 5.23. The minimum Gasteiger partial charge on any atom is -0.388 e. The summed E-state index contributed by atoms with van der Waals surface area (Å²) in [5.74, 6) is 0. The quantitative estimate of drug-likeness (QED) is 0.887. The molecule has 2 aromatic heterocycles. The molecule has 0 aromatic carbocycles.